The van der Waals surface area contributed by atoms with Crippen molar-refractivity contribution in [1.29, 1.82) is 0 Å². The molecule has 0 radical (unpaired) electrons. The minimum Gasteiger partial charge on any atom is -0.311 e. The summed E-state index contributed by atoms with van der Waals surface area (Å²) in [6.45, 7) is 6.56. The van der Waals surface area contributed by atoms with Crippen LogP contribution in [0.1, 0.15) is 23.6 Å². The summed E-state index contributed by atoms with van der Waals surface area (Å²) in [4.78, 5) is 29.0. The van der Waals surface area contributed by atoms with E-state index in [4.69, 9.17) is 0 Å². The SMILES string of the molecule is Cc1ccc(C)c(-n2c(=O)c3ccccc3n3c(SC(C)C(=O)N4CCc5ccccc54)nnc23)c1. The van der Waals surface area contributed by atoms with Crippen LogP contribution in [0.2, 0.25) is 0 Å². The molecule has 3 aromatic carbocycles. The molecular formula is C28H25N5O2S. The van der Waals surface area contributed by atoms with E-state index >= 15 is 0 Å². The van der Waals surface area contributed by atoms with Crippen molar-refractivity contribution in [2.24, 2.45) is 0 Å². The van der Waals surface area contributed by atoms with E-state index in [9.17, 15) is 9.59 Å². The fourth-order valence-corrected chi connectivity index (χ4v) is 5.85. The molecule has 1 aliphatic heterocycles. The van der Waals surface area contributed by atoms with E-state index in [2.05, 4.69) is 16.3 Å². The first-order chi connectivity index (χ1) is 17.4. The quantitative estimate of drug-likeness (QED) is 0.338. The van der Waals surface area contributed by atoms with E-state index in [1.807, 2.05) is 90.7 Å². The van der Waals surface area contributed by atoms with Crippen LogP contribution < -0.4 is 10.5 Å². The Morgan fingerprint density at radius 3 is 2.61 bits per heavy atom. The second-order valence-corrected chi connectivity index (χ2v) is 10.5. The number of aromatic nitrogens is 4. The molecular weight excluding hydrogens is 470 g/mol. The molecule has 3 heterocycles. The molecule has 1 amide bonds. The highest BCUT2D eigenvalue weighted by atomic mass is 32.2. The number of rotatable bonds is 4. The molecule has 1 aliphatic rings. The van der Waals surface area contributed by atoms with Gasteiger partial charge in [-0.3, -0.25) is 14.0 Å². The second-order valence-electron chi connectivity index (χ2n) is 9.19. The van der Waals surface area contributed by atoms with Crippen molar-refractivity contribution >= 4 is 40.0 Å². The van der Waals surface area contributed by atoms with Crippen molar-refractivity contribution in [2.45, 2.75) is 37.6 Å². The first kappa shape index (κ1) is 22.5. The third-order valence-corrected chi connectivity index (χ3v) is 7.81. The van der Waals surface area contributed by atoms with Gasteiger partial charge in [-0.15, -0.1) is 10.2 Å². The summed E-state index contributed by atoms with van der Waals surface area (Å²) in [6.07, 6.45) is 0.861. The highest BCUT2D eigenvalue weighted by Crippen LogP contribution is 2.32. The second kappa shape index (κ2) is 8.64. The van der Waals surface area contributed by atoms with Crippen molar-refractivity contribution in [3.63, 3.8) is 0 Å². The molecule has 7 nitrogen and oxygen atoms in total. The number of fused-ring (bicyclic) bond motifs is 4. The maximum Gasteiger partial charge on any atom is 0.267 e. The lowest BCUT2D eigenvalue weighted by atomic mass is 10.1. The largest absolute Gasteiger partial charge is 0.311 e. The topological polar surface area (TPSA) is 72.5 Å². The third-order valence-electron chi connectivity index (χ3n) is 6.78. The van der Waals surface area contributed by atoms with Crippen LogP contribution in [0.5, 0.6) is 0 Å². The van der Waals surface area contributed by atoms with E-state index in [1.54, 1.807) is 4.57 Å². The summed E-state index contributed by atoms with van der Waals surface area (Å²) in [5.41, 5.74) is 5.54. The van der Waals surface area contributed by atoms with Crippen LogP contribution in [0.4, 0.5) is 5.69 Å². The Kier molecular flexibility index (Phi) is 5.41. The van der Waals surface area contributed by atoms with Crippen LogP contribution in [0.15, 0.2) is 76.7 Å². The Morgan fingerprint density at radius 1 is 0.972 bits per heavy atom. The van der Waals surface area contributed by atoms with Gasteiger partial charge in [-0.05, 0) is 68.1 Å². The number of para-hydroxylation sites is 2. The van der Waals surface area contributed by atoms with E-state index in [0.717, 1.165) is 34.4 Å². The lowest BCUT2D eigenvalue weighted by Gasteiger charge is -2.21. The molecule has 1 unspecified atom stereocenters. The Balaban J connectivity index is 1.47. The monoisotopic (exact) mass is 495 g/mol. The van der Waals surface area contributed by atoms with Gasteiger partial charge in [0.05, 0.1) is 21.8 Å². The van der Waals surface area contributed by atoms with Crippen molar-refractivity contribution in [1.82, 2.24) is 19.2 Å². The lowest BCUT2D eigenvalue weighted by Crippen LogP contribution is -2.35. The standard InChI is InChI=1S/C28H25N5O2S/c1-17-12-13-18(2)24(16-17)32-26(35)21-9-5-7-11-23(21)33-27(32)29-30-28(33)36-19(3)25(34)31-15-14-20-8-4-6-10-22(20)31/h4-13,16,19H,14-15H2,1-3H3. The van der Waals surface area contributed by atoms with Gasteiger partial charge in [0, 0.05) is 12.2 Å². The summed E-state index contributed by atoms with van der Waals surface area (Å²) in [5, 5.41) is 9.68. The highest BCUT2D eigenvalue weighted by Gasteiger charge is 2.30. The predicted octanol–water partition coefficient (Wildman–Crippen LogP) is 4.72. The molecule has 2 aromatic heterocycles. The first-order valence-electron chi connectivity index (χ1n) is 12.0. The zero-order valence-electron chi connectivity index (χ0n) is 20.3. The van der Waals surface area contributed by atoms with E-state index < -0.39 is 0 Å². The Hall–Kier alpha value is -3.91. The van der Waals surface area contributed by atoms with E-state index in [-0.39, 0.29) is 16.7 Å². The zero-order chi connectivity index (χ0) is 25.0. The molecule has 36 heavy (non-hydrogen) atoms. The van der Waals surface area contributed by atoms with Crippen LogP contribution in [-0.2, 0) is 11.2 Å². The summed E-state index contributed by atoms with van der Waals surface area (Å²) >= 11 is 1.36. The molecule has 0 aliphatic carbocycles. The molecule has 0 spiro atoms. The van der Waals surface area contributed by atoms with E-state index in [1.165, 1.54) is 17.3 Å². The molecule has 0 saturated heterocycles. The van der Waals surface area contributed by atoms with Crippen LogP contribution in [0, 0.1) is 13.8 Å². The molecule has 0 fully saturated rings. The molecule has 180 valence electrons. The van der Waals surface area contributed by atoms with Gasteiger partial charge < -0.3 is 4.90 Å². The number of nitrogens with zero attached hydrogens (tertiary/aromatic N) is 5. The van der Waals surface area contributed by atoms with Gasteiger partial charge in [0.2, 0.25) is 11.7 Å². The maximum absolute atomic E-state index is 13.7. The van der Waals surface area contributed by atoms with Crippen LogP contribution in [0.25, 0.3) is 22.4 Å². The fraction of sp³-hybridized carbons (Fsp3) is 0.214. The number of benzene rings is 3. The fourth-order valence-electron chi connectivity index (χ4n) is 4.93. The summed E-state index contributed by atoms with van der Waals surface area (Å²) in [5.74, 6) is 0.468. The molecule has 8 heteroatoms. The minimum absolute atomic E-state index is 0.0360. The van der Waals surface area contributed by atoms with Crippen LogP contribution >= 0.6 is 11.8 Å². The minimum atomic E-state index is -0.386. The maximum atomic E-state index is 13.7. The number of amides is 1. The Labute approximate surface area is 212 Å². The van der Waals surface area contributed by atoms with Crippen molar-refractivity contribution in [3.8, 4) is 5.69 Å². The number of carbonyl (C=O) groups excluding carboxylic acids is 1. The average Bonchev–Trinajstić information content (AvgIpc) is 3.50. The smallest absolute Gasteiger partial charge is 0.267 e. The molecule has 0 N–H and O–H groups in total. The Bertz CT molecular complexity index is 1720. The molecule has 6 rings (SSSR count). The number of hydrogen-bond acceptors (Lipinski definition) is 5. The van der Waals surface area contributed by atoms with Gasteiger partial charge >= 0.3 is 0 Å². The number of anilines is 1. The highest BCUT2D eigenvalue weighted by molar-refractivity contribution is 8.00. The van der Waals surface area contributed by atoms with E-state index in [0.29, 0.717) is 22.9 Å². The summed E-state index contributed by atoms with van der Waals surface area (Å²) in [7, 11) is 0. The van der Waals surface area contributed by atoms with Crippen LogP contribution in [-0.4, -0.2) is 36.9 Å². The van der Waals surface area contributed by atoms with Crippen molar-refractivity contribution < 1.29 is 4.79 Å². The molecule has 0 saturated carbocycles. The Morgan fingerprint density at radius 2 is 1.75 bits per heavy atom. The first-order valence-corrected chi connectivity index (χ1v) is 12.8. The molecule has 0 bridgehead atoms. The van der Waals surface area contributed by atoms with Gasteiger partial charge in [-0.2, -0.15) is 0 Å². The normalized spacial score (nSPS) is 13.9. The lowest BCUT2D eigenvalue weighted by molar-refractivity contribution is -0.117. The van der Waals surface area contributed by atoms with Crippen LogP contribution in [0.3, 0.4) is 0 Å². The summed E-state index contributed by atoms with van der Waals surface area (Å²) in [6, 6.07) is 21.5. The number of thioether (sulfide) groups is 1. The van der Waals surface area contributed by atoms with Gasteiger partial charge in [-0.1, -0.05) is 54.2 Å². The zero-order valence-corrected chi connectivity index (χ0v) is 21.1. The molecule has 1 atom stereocenters. The van der Waals surface area contributed by atoms with Gasteiger partial charge in [0.25, 0.3) is 5.56 Å². The number of hydrogen-bond donors (Lipinski definition) is 0. The molecule has 5 aromatic rings. The van der Waals surface area contributed by atoms with Gasteiger partial charge in [0.1, 0.15) is 0 Å². The number of aryl methyl sites for hydroxylation is 2. The van der Waals surface area contributed by atoms with Crippen molar-refractivity contribution in [2.75, 3.05) is 11.4 Å². The van der Waals surface area contributed by atoms with Gasteiger partial charge in [0.15, 0.2) is 5.16 Å². The van der Waals surface area contributed by atoms with Crippen molar-refractivity contribution in [3.05, 3.63) is 93.8 Å². The predicted molar refractivity (Wildman–Crippen MR) is 143 cm³/mol. The average molecular weight is 496 g/mol. The van der Waals surface area contributed by atoms with Gasteiger partial charge in [-0.25, -0.2) is 4.57 Å². The number of carbonyl (C=O) groups is 1. The summed E-state index contributed by atoms with van der Waals surface area (Å²) < 4.78 is 3.52. The third kappa shape index (κ3) is 3.52.